The van der Waals surface area contributed by atoms with Crippen molar-refractivity contribution in [1.29, 1.82) is 0 Å². The minimum absolute atomic E-state index is 0.0311. The Morgan fingerprint density at radius 1 is 1.44 bits per heavy atom. The van der Waals surface area contributed by atoms with Gasteiger partial charge >= 0.3 is 5.97 Å². The normalized spacial score (nSPS) is 10.4. The maximum absolute atomic E-state index is 12.0. The summed E-state index contributed by atoms with van der Waals surface area (Å²) >= 11 is 0. The van der Waals surface area contributed by atoms with E-state index in [-0.39, 0.29) is 25.4 Å². The molecule has 1 amide bonds. The van der Waals surface area contributed by atoms with Crippen LogP contribution < -0.4 is 0 Å². The highest BCUT2D eigenvalue weighted by Gasteiger charge is 2.14. The molecule has 6 heteroatoms. The summed E-state index contributed by atoms with van der Waals surface area (Å²) in [4.78, 5) is 24.0. The Kier molecular flexibility index (Phi) is 4.88. The number of hydrogen-bond donors (Lipinski definition) is 1. The first-order valence-electron chi connectivity index (χ1n) is 5.94. The Bertz CT molecular complexity index is 440. The van der Waals surface area contributed by atoms with Gasteiger partial charge in [0.2, 0.25) is 5.91 Å². The smallest absolute Gasteiger partial charge is 0.305 e. The molecular weight excluding hydrogens is 234 g/mol. The first-order chi connectivity index (χ1) is 8.43. The van der Waals surface area contributed by atoms with Crippen LogP contribution in [-0.2, 0) is 16.1 Å². The summed E-state index contributed by atoms with van der Waals surface area (Å²) in [5.74, 6) is -1.00. The van der Waals surface area contributed by atoms with Gasteiger partial charge in [-0.25, -0.2) is 0 Å². The van der Waals surface area contributed by atoms with Gasteiger partial charge < -0.3 is 10.0 Å². The van der Waals surface area contributed by atoms with Gasteiger partial charge in [-0.3, -0.25) is 14.3 Å². The molecule has 0 aromatic carbocycles. The summed E-state index contributed by atoms with van der Waals surface area (Å²) in [6.45, 7) is 6.50. The molecule has 100 valence electrons. The highest BCUT2D eigenvalue weighted by atomic mass is 16.4. The fourth-order valence-electron chi connectivity index (χ4n) is 1.75. The van der Waals surface area contributed by atoms with Crippen molar-refractivity contribution in [3.8, 4) is 0 Å². The first-order valence-corrected chi connectivity index (χ1v) is 5.94. The van der Waals surface area contributed by atoms with Crippen molar-refractivity contribution in [3.63, 3.8) is 0 Å². The summed E-state index contributed by atoms with van der Waals surface area (Å²) in [5, 5.41) is 12.8. The number of aryl methyl sites for hydroxylation is 2. The monoisotopic (exact) mass is 253 g/mol. The van der Waals surface area contributed by atoms with Crippen LogP contribution in [0.1, 0.15) is 24.7 Å². The standard InChI is InChI=1S/C12H19N3O3/c1-4-14(6-5-12(17)18)11(16)8-15-10(3)7-9(2)13-15/h7H,4-6,8H2,1-3H3,(H,17,18). The number of carboxylic acids is 1. The predicted octanol–water partition coefficient (Wildman–Crippen LogP) is 0.823. The molecule has 0 aliphatic heterocycles. The lowest BCUT2D eigenvalue weighted by atomic mass is 10.3. The largest absolute Gasteiger partial charge is 0.481 e. The molecule has 0 aliphatic carbocycles. The van der Waals surface area contributed by atoms with Crippen LogP contribution in [0.5, 0.6) is 0 Å². The second-order valence-corrected chi connectivity index (χ2v) is 4.20. The molecule has 1 aromatic heterocycles. The molecule has 1 rings (SSSR count). The number of rotatable bonds is 6. The van der Waals surface area contributed by atoms with Crippen LogP contribution in [0, 0.1) is 13.8 Å². The fraction of sp³-hybridized carbons (Fsp3) is 0.583. The van der Waals surface area contributed by atoms with E-state index in [0.717, 1.165) is 11.4 Å². The number of carbonyl (C=O) groups excluding carboxylic acids is 1. The van der Waals surface area contributed by atoms with Crippen LogP contribution in [0.3, 0.4) is 0 Å². The second-order valence-electron chi connectivity index (χ2n) is 4.20. The Labute approximate surface area is 106 Å². The molecule has 0 saturated heterocycles. The second kappa shape index (κ2) is 6.18. The minimum atomic E-state index is -0.896. The number of hydrogen-bond acceptors (Lipinski definition) is 3. The molecule has 0 radical (unpaired) electrons. The molecule has 1 heterocycles. The van der Waals surface area contributed by atoms with E-state index in [0.29, 0.717) is 6.54 Å². The van der Waals surface area contributed by atoms with Crippen molar-refractivity contribution in [2.45, 2.75) is 33.7 Å². The van der Waals surface area contributed by atoms with Gasteiger partial charge in [-0.15, -0.1) is 0 Å². The summed E-state index contributed by atoms with van der Waals surface area (Å²) < 4.78 is 1.64. The average molecular weight is 253 g/mol. The van der Waals surface area contributed by atoms with Gasteiger partial charge in [0, 0.05) is 18.8 Å². The lowest BCUT2D eigenvalue weighted by Crippen LogP contribution is -2.35. The van der Waals surface area contributed by atoms with Gasteiger partial charge in [0.05, 0.1) is 12.1 Å². The molecule has 0 fully saturated rings. The van der Waals surface area contributed by atoms with Crippen LogP contribution >= 0.6 is 0 Å². The number of amides is 1. The van der Waals surface area contributed by atoms with Gasteiger partial charge in [0.15, 0.2) is 0 Å². The van der Waals surface area contributed by atoms with Gasteiger partial charge in [-0.05, 0) is 26.8 Å². The minimum Gasteiger partial charge on any atom is -0.481 e. The zero-order valence-corrected chi connectivity index (χ0v) is 11.0. The van der Waals surface area contributed by atoms with E-state index in [9.17, 15) is 9.59 Å². The average Bonchev–Trinajstić information content (AvgIpc) is 2.57. The van der Waals surface area contributed by atoms with E-state index < -0.39 is 5.97 Å². The van der Waals surface area contributed by atoms with Crippen molar-refractivity contribution >= 4 is 11.9 Å². The molecule has 0 unspecified atom stereocenters. The van der Waals surface area contributed by atoms with Crippen molar-refractivity contribution in [3.05, 3.63) is 17.5 Å². The molecule has 0 atom stereocenters. The molecule has 0 aliphatic rings. The summed E-state index contributed by atoms with van der Waals surface area (Å²) in [6, 6.07) is 1.90. The van der Waals surface area contributed by atoms with Gasteiger partial charge in [-0.2, -0.15) is 5.10 Å². The third-order valence-corrected chi connectivity index (χ3v) is 2.72. The third kappa shape index (κ3) is 3.87. The predicted molar refractivity (Wildman–Crippen MR) is 66.2 cm³/mol. The van der Waals surface area contributed by atoms with Gasteiger partial charge in [0.1, 0.15) is 6.54 Å². The van der Waals surface area contributed by atoms with E-state index in [2.05, 4.69) is 5.10 Å². The lowest BCUT2D eigenvalue weighted by molar-refractivity contribution is -0.138. The Hall–Kier alpha value is -1.85. The molecule has 6 nitrogen and oxygen atoms in total. The van der Waals surface area contributed by atoms with Crippen LogP contribution in [-0.4, -0.2) is 44.8 Å². The summed E-state index contributed by atoms with van der Waals surface area (Å²) in [5.41, 5.74) is 1.80. The van der Waals surface area contributed by atoms with Crippen LogP contribution in [0.15, 0.2) is 6.07 Å². The Morgan fingerprint density at radius 3 is 2.56 bits per heavy atom. The first kappa shape index (κ1) is 14.2. The van der Waals surface area contributed by atoms with E-state index in [1.54, 1.807) is 4.68 Å². The number of carboxylic acid groups (broad SMARTS) is 1. The van der Waals surface area contributed by atoms with Crippen LogP contribution in [0.4, 0.5) is 0 Å². The van der Waals surface area contributed by atoms with E-state index in [1.807, 2.05) is 26.8 Å². The number of nitrogens with zero attached hydrogens (tertiary/aromatic N) is 3. The molecule has 1 aromatic rings. The highest BCUT2D eigenvalue weighted by Crippen LogP contribution is 2.03. The maximum atomic E-state index is 12.0. The summed E-state index contributed by atoms with van der Waals surface area (Å²) in [7, 11) is 0. The maximum Gasteiger partial charge on any atom is 0.305 e. The zero-order chi connectivity index (χ0) is 13.7. The fourth-order valence-corrected chi connectivity index (χ4v) is 1.75. The molecule has 0 bridgehead atoms. The van der Waals surface area contributed by atoms with Crippen LogP contribution in [0.25, 0.3) is 0 Å². The summed E-state index contributed by atoms with van der Waals surface area (Å²) in [6.07, 6.45) is -0.0311. The zero-order valence-electron chi connectivity index (χ0n) is 11.0. The number of likely N-dealkylation sites (N-methyl/N-ethyl adjacent to an activating group) is 1. The molecule has 18 heavy (non-hydrogen) atoms. The van der Waals surface area contributed by atoms with Crippen molar-refractivity contribution in [2.75, 3.05) is 13.1 Å². The van der Waals surface area contributed by atoms with E-state index >= 15 is 0 Å². The number of aliphatic carboxylic acids is 1. The Balaban J connectivity index is 2.62. The van der Waals surface area contributed by atoms with Gasteiger partial charge in [0.25, 0.3) is 0 Å². The third-order valence-electron chi connectivity index (χ3n) is 2.72. The molecular formula is C12H19N3O3. The van der Waals surface area contributed by atoms with Crippen molar-refractivity contribution in [2.24, 2.45) is 0 Å². The molecule has 0 saturated carbocycles. The quantitative estimate of drug-likeness (QED) is 0.814. The topological polar surface area (TPSA) is 75.4 Å². The Morgan fingerprint density at radius 2 is 2.11 bits per heavy atom. The van der Waals surface area contributed by atoms with Crippen LogP contribution in [0.2, 0.25) is 0 Å². The van der Waals surface area contributed by atoms with E-state index in [1.165, 1.54) is 4.90 Å². The SMILES string of the molecule is CCN(CCC(=O)O)C(=O)Cn1nc(C)cc1C. The number of carbonyl (C=O) groups is 2. The number of aromatic nitrogens is 2. The molecule has 1 N–H and O–H groups in total. The van der Waals surface area contributed by atoms with E-state index in [4.69, 9.17) is 5.11 Å². The van der Waals surface area contributed by atoms with Crippen molar-refractivity contribution in [1.82, 2.24) is 14.7 Å². The van der Waals surface area contributed by atoms with Crippen molar-refractivity contribution < 1.29 is 14.7 Å². The van der Waals surface area contributed by atoms with Gasteiger partial charge in [-0.1, -0.05) is 0 Å². The molecule has 0 spiro atoms. The highest BCUT2D eigenvalue weighted by molar-refractivity contribution is 5.76. The lowest BCUT2D eigenvalue weighted by Gasteiger charge is -2.20.